The van der Waals surface area contributed by atoms with Gasteiger partial charge in [-0.15, -0.1) is 0 Å². The second-order valence-electron chi connectivity index (χ2n) is 25.0. The van der Waals surface area contributed by atoms with E-state index >= 15 is 0 Å². The van der Waals surface area contributed by atoms with E-state index in [1.54, 1.807) is 0 Å². The molecule has 0 aliphatic carbocycles. The average molecular weight is 1370 g/mol. The molecular weight excluding hydrogens is 1230 g/mol. The summed E-state index contributed by atoms with van der Waals surface area (Å²) in [5.74, 6) is -2.21. The molecule has 19 heteroatoms. The Bertz CT molecular complexity index is 2070. The summed E-state index contributed by atoms with van der Waals surface area (Å²) in [5.41, 5.74) is 0. The van der Waals surface area contributed by atoms with Crippen LogP contribution in [0.1, 0.15) is 323 Å². The van der Waals surface area contributed by atoms with Crippen LogP contribution in [-0.2, 0) is 65.4 Å². The third-order valence-electron chi connectivity index (χ3n) is 15.7. The van der Waals surface area contributed by atoms with Crippen LogP contribution in [0.25, 0.3) is 0 Å². The van der Waals surface area contributed by atoms with Crippen LogP contribution in [0.5, 0.6) is 0 Å². The van der Waals surface area contributed by atoms with Gasteiger partial charge in [-0.25, -0.2) is 9.13 Å². The minimum Gasteiger partial charge on any atom is -0.462 e. The normalized spacial score (nSPS) is 14.4. The number of carbonyl (C=O) groups excluding carboxylic acids is 4. The molecule has 0 fully saturated rings. The van der Waals surface area contributed by atoms with Gasteiger partial charge in [0.25, 0.3) is 0 Å². The van der Waals surface area contributed by atoms with E-state index < -0.39 is 97.5 Å². The van der Waals surface area contributed by atoms with Crippen molar-refractivity contribution in [3.63, 3.8) is 0 Å². The molecule has 0 aliphatic rings. The molecule has 0 spiro atoms. The molecule has 5 atom stereocenters. The number of hydrogen-bond acceptors (Lipinski definition) is 15. The number of hydrogen-bond donors (Lipinski definition) is 3. The second-order valence-corrected chi connectivity index (χ2v) is 27.9. The number of carbonyl (C=O) groups is 4. The van der Waals surface area contributed by atoms with Gasteiger partial charge >= 0.3 is 39.5 Å². The first kappa shape index (κ1) is 90.5. The lowest BCUT2D eigenvalue weighted by atomic mass is 10.1. The van der Waals surface area contributed by atoms with Crippen molar-refractivity contribution in [2.45, 2.75) is 341 Å². The molecule has 0 aromatic rings. The molecule has 0 amide bonds. The van der Waals surface area contributed by atoms with Crippen LogP contribution in [0, 0.1) is 0 Å². The third kappa shape index (κ3) is 67.1. The van der Waals surface area contributed by atoms with Crippen LogP contribution in [-0.4, -0.2) is 96.7 Å². The highest BCUT2D eigenvalue weighted by atomic mass is 31.2. The second kappa shape index (κ2) is 68.0. The predicted octanol–water partition coefficient (Wildman–Crippen LogP) is 20.9. The summed E-state index contributed by atoms with van der Waals surface area (Å²) >= 11 is 0. The summed E-state index contributed by atoms with van der Waals surface area (Å²) in [5, 5.41) is 10.6. The lowest BCUT2D eigenvalue weighted by molar-refractivity contribution is -0.161. The van der Waals surface area contributed by atoms with E-state index in [1.807, 2.05) is 0 Å². The van der Waals surface area contributed by atoms with Crippen molar-refractivity contribution in [2.75, 3.05) is 39.6 Å². The van der Waals surface area contributed by atoms with E-state index in [-0.39, 0.29) is 25.7 Å². The Balaban J connectivity index is 5.34. The number of phosphoric acid groups is 2. The minimum atomic E-state index is -4.97. The molecule has 0 heterocycles. The van der Waals surface area contributed by atoms with Gasteiger partial charge in [-0.1, -0.05) is 268 Å². The summed E-state index contributed by atoms with van der Waals surface area (Å²) in [7, 11) is -9.94. The molecule has 0 saturated carbocycles. The zero-order chi connectivity index (χ0) is 69.0. The fourth-order valence-corrected chi connectivity index (χ4v) is 11.5. The Kier molecular flexibility index (Phi) is 65.5. The molecule has 17 nitrogen and oxygen atoms in total. The molecule has 2 unspecified atom stereocenters. The molecule has 546 valence electrons. The molecule has 0 aromatic heterocycles. The lowest BCUT2D eigenvalue weighted by Crippen LogP contribution is -2.30. The maximum absolute atomic E-state index is 13.0. The highest BCUT2D eigenvalue weighted by Crippen LogP contribution is 2.45. The number of esters is 4. The molecule has 3 N–H and O–H groups in total. The van der Waals surface area contributed by atoms with Crippen molar-refractivity contribution in [2.24, 2.45) is 0 Å². The van der Waals surface area contributed by atoms with Gasteiger partial charge in [-0.05, 0) is 103 Å². The Morgan fingerprint density at radius 3 is 0.777 bits per heavy atom. The standard InChI is InChI=1S/C75H134O17P2/c1-5-9-13-17-21-25-28-31-34-37-40-44-48-52-56-60-73(78)86-66-71(92-75(80)62-58-54-50-46-42-39-36-33-30-27-23-19-15-11-7-3)68-90-94(83,84)88-64-69(76)63-87-93(81,82)89-67-70(65-85-72(77)59-55-51-47-43-24-20-16-12-8-4)91-74(79)61-57-53-49-45-41-38-35-32-29-26-22-18-14-10-6-2/h25-36,69-71,76H,5-24,37-68H2,1-4H3,(H,81,82)(H,83,84)/b28-25-,29-26-,30-27-,34-31-,35-32-,36-33-/t69-,70+,71+/m0/s1. The van der Waals surface area contributed by atoms with E-state index in [2.05, 4.69) is 101 Å². The van der Waals surface area contributed by atoms with Crippen LogP contribution in [0.15, 0.2) is 72.9 Å². The van der Waals surface area contributed by atoms with Gasteiger partial charge in [0.15, 0.2) is 12.2 Å². The van der Waals surface area contributed by atoms with Gasteiger partial charge in [0.1, 0.15) is 19.3 Å². The Morgan fingerprint density at radius 2 is 0.511 bits per heavy atom. The van der Waals surface area contributed by atoms with Gasteiger partial charge in [-0.3, -0.25) is 37.3 Å². The Labute approximate surface area is 571 Å². The van der Waals surface area contributed by atoms with Crippen molar-refractivity contribution in [3.8, 4) is 0 Å². The maximum atomic E-state index is 13.0. The molecule has 0 saturated heterocycles. The van der Waals surface area contributed by atoms with Crippen LogP contribution >= 0.6 is 15.6 Å². The van der Waals surface area contributed by atoms with Gasteiger partial charge in [0, 0.05) is 25.7 Å². The number of allylic oxidation sites excluding steroid dienone is 12. The summed E-state index contributed by atoms with van der Waals surface area (Å²) in [4.78, 5) is 72.6. The number of aliphatic hydroxyl groups excluding tert-OH is 1. The summed E-state index contributed by atoms with van der Waals surface area (Å²) < 4.78 is 68.3. The fraction of sp³-hybridized carbons (Fsp3) is 0.787. The molecule has 0 aromatic carbocycles. The van der Waals surface area contributed by atoms with Crippen molar-refractivity contribution in [1.29, 1.82) is 0 Å². The van der Waals surface area contributed by atoms with E-state index in [0.717, 1.165) is 141 Å². The highest BCUT2D eigenvalue weighted by molar-refractivity contribution is 7.47. The van der Waals surface area contributed by atoms with Crippen LogP contribution in [0.3, 0.4) is 0 Å². The number of aliphatic hydroxyl groups is 1. The zero-order valence-corrected chi connectivity index (χ0v) is 61.2. The number of unbranched alkanes of at least 4 members (excludes halogenated alkanes) is 35. The van der Waals surface area contributed by atoms with Crippen molar-refractivity contribution in [1.82, 2.24) is 0 Å². The van der Waals surface area contributed by atoms with E-state index in [9.17, 15) is 43.2 Å². The quantitative estimate of drug-likeness (QED) is 0.0169. The average Bonchev–Trinajstić information content (AvgIpc) is 1.94. The number of ether oxygens (including phenoxy) is 4. The first-order chi connectivity index (χ1) is 45.7. The van der Waals surface area contributed by atoms with Crippen LogP contribution < -0.4 is 0 Å². The van der Waals surface area contributed by atoms with Gasteiger partial charge < -0.3 is 33.8 Å². The van der Waals surface area contributed by atoms with E-state index in [0.29, 0.717) is 25.7 Å². The van der Waals surface area contributed by atoms with Crippen molar-refractivity contribution < 1.29 is 80.2 Å². The molecule has 0 bridgehead atoms. The molecule has 94 heavy (non-hydrogen) atoms. The fourth-order valence-electron chi connectivity index (χ4n) is 9.96. The summed E-state index contributed by atoms with van der Waals surface area (Å²) in [6.45, 7) is 4.76. The van der Waals surface area contributed by atoms with E-state index in [1.165, 1.54) is 103 Å². The van der Waals surface area contributed by atoms with Gasteiger partial charge in [0.2, 0.25) is 0 Å². The maximum Gasteiger partial charge on any atom is 0.472 e. The smallest absolute Gasteiger partial charge is 0.462 e. The zero-order valence-electron chi connectivity index (χ0n) is 59.4. The number of phosphoric ester groups is 2. The minimum absolute atomic E-state index is 0.0759. The monoisotopic (exact) mass is 1370 g/mol. The largest absolute Gasteiger partial charge is 0.472 e. The van der Waals surface area contributed by atoms with Crippen molar-refractivity contribution in [3.05, 3.63) is 72.9 Å². The topological polar surface area (TPSA) is 237 Å². The van der Waals surface area contributed by atoms with Gasteiger partial charge in [0.05, 0.1) is 26.4 Å². The van der Waals surface area contributed by atoms with E-state index in [4.69, 9.17) is 37.0 Å². The molecular formula is C75H134O17P2. The third-order valence-corrected chi connectivity index (χ3v) is 17.6. The Hall–Kier alpha value is -3.50. The van der Waals surface area contributed by atoms with Crippen LogP contribution in [0.4, 0.5) is 0 Å². The molecule has 0 aliphatic heterocycles. The first-order valence-electron chi connectivity index (χ1n) is 37.2. The first-order valence-corrected chi connectivity index (χ1v) is 40.2. The molecule has 0 radical (unpaired) electrons. The molecule has 0 rings (SSSR count). The Morgan fingerprint density at radius 1 is 0.298 bits per heavy atom. The summed E-state index contributed by atoms with van der Waals surface area (Å²) in [6, 6.07) is 0. The van der Waals surface area contributed by atoms with Gasteiger partial charge in [-0.2, -0.15) is 0 Å². The number of rotatable bonds is 70. The van der Waals surface area contributed by atoms with Crippen molar-refractivity contribution >= 4 is 39.5 Å². The summed E-state index contributed by atoms with van der Waals surface area (Å²) in [6.07, 6.45) is 66.2. The SMILES string of the molecule is CCCCCC/C=C\C=C/CCCCCCCC(=O)OC[C@H](COP(=O)(O)OC[C@@H](O)COP(=O)(O)OC[C@@H](COC(=O)CCCCCCCCCCC)OC(=O)CCCCCCC/C=C\C=C/CCCCCC)OC(=O)CCCCCCC/C=C\C=C/CCCCCC. The van der Waals surface area contributed by atoms with Crippen LogP contribution in [0.2, 0.25) is 0 Å². The lowest BCUT2D eigenvalue weighted by Gasteiger charge is -2.21. The predicted molar refractivity (Wildman–Crippen MR) is 381 cm³/mol. The highest BCUT2D eigenvalue weighted by Gasteiger charge is 2.30.